The number of Topliss-reactive ketones (excluding diaryl/α,β-unsaturated/α-hetero) is 1. The number of carbonyl (C=O) groups excluding carboxylic acids is 2. The zero-order valence-electron chi connectivity index (χ0n) is 17.5. The Labute approximate surface area is 163 Å². The Morgan fingerprint density at radius 3 is 2.41 bits per heavy atom. The zero-order chi connectivity index (χ0) is 19.8. The standard InChI is InChI=1S/C24H34O3/c1-16-11-12-19(24(4,5)17-9-7-6-8-10-17)21(13-16)27-22(26)18-14-23(2,3)15-20(18)25/h6-10,16,18-19,21H,11-15H2,1-5H3/t16-,18?,19-,21-/m0/s1. The summed E-state index contributed by atoms with van der Waals surface area (Å²) in [5.41, 5.74) is 1.11. The van der Waals surface area contributed by atoms with Gasteiger partial charge >= 0.3 is 5.97 Å². The summed E-state index contributed by atoms with van der Waals surface area (Å²) in [5.74, 6) is -0.00473. The number of rotatable bonds is 4. The van der Waals surface area contributed by atoms with E-state index < -0.39 is 5.92 Å². The number of hydrogen-bond donors (Lipinski definition) is 0. The average Bonchev–Trinajstić information content (AvgIpc) is 2.88. The van der Waals surface area contributed by atoms with Crippen LogP contribution in [0.15, 0.2) is 30.3 Å². The van der Waals surface area contributed by atoms with E-state index in [1.807, 2.05) is 6.07 Å². The largest absolute Gasteiger partial charge is 0.461 e. The molecule has 1 unspecified atom stereocenters. The van der Waals surface area contributed by atoms with Gasteiger partial charge in [-0.1, -0.05) is 71.4 Å². The van der Waals surface area contributed by atoms with Crippen LogP contribution in [0.3, 0.4) is 0 Å². The molecule has 3 nitrogen and oxygen atoms in total. The molecule has 2 fully saturated rings. The van der Waals surface area contributed by atoms with Gasteiger partial charge in [0.05, 0.1) is 0 Å². The summed E-state index contributed by atoms with van der Waals surface area (Å²) in [5, 5.41) is 0. The van der Waals surface area contributed by atoms with Gasteiger partial charge < -0.3 is 4.74 Å². The van der Waals surface area contributed by atoms with E-state index in [1.54, 1.807) is 0 Å². The van der Waals surface area contributed by atoms with Gasteiger partial charge in [0.15, 0.2) is 0 Å². The molecule has 0 bridgehead atoms. The zero-order valence-corrected chi connectivity index (χ0v) is 17.5. The first-order chi connectivity index (χ1) is 12.6. The highest BCUT2D eigenvalue weighted by atomic mass is 16.5. The Bertz CT molecular complexity index is 689. The highest BCUT2D eigenvalue weighted by Gasteiger charge is 2.46. The van der Waals surface area contributed by atoms with E-state index in [0.29, 0.717) is 18.8 Å². The monoisotopic (exact) mass is 370 g/mol. The van der Waals surface area contributed by atoms with Gasteiger partial charge in [0.25, 0.3) is 0 Å². The molecule has 3 heteroatoms. The van der Waals surface area contributed by atoms with E-state index in [4.69, 9.17) is 4.74 Å². The molecule has 1 aromatic rings. The predicted molar refractivity (Wildman–Crippen MR) is 107 cm³/mol. The molecule has 4 atom stereocenters. The van der Waals surface area contributed by atoms with Crippen molar-refractivity contribution in [2.24, 2.45) is 23.2 Å². The Hall–Kier alpha value is -1.64. The summed E-state index contributed by atoms with van der Waals surface area (Å²) in [7, 11) is 0. The minimum Gasteiger partial charge on any atom is -0.461 e. The van der Waals surface area contributed by atoms with Gasteiger partial charge in [-0.15, -0.1) is 0 Å². The lowest BCUT2D eigenvalue weighted by molar-refractivity contribution is -0.162. The van der Waals surface area contributed by atoms with Crippen LogP contribution >= 0.6 is 0 Å². The predicted octanol–water partition coefficient (Wildman–Crippen LogP) is 5.32. The molecule has 2 aliphatic carbocycles. The fourth-order valence-corrected chi connectivity index (χ4v) is 5.15. The molecule has 0 aliphatic heterocycles. The van der Waals surface area contributed by atoms with Crippen LogP contribution in [0.25, 0.3) is 0 Å². The van der Waals surface area contributed by atoms with E-state index in [0.717, 1.165) is 19.3 Å². The number of ether oxygens (including phenoxy) is 1. The molecule has 2 saturated carbocycles. The molecule has 1 aromatic carbocycles. The summed E-state index contributed by atoms with van der Waals surface area (Å²) >= 11 is 0. The minimum absolute atomic E-state index is 0.0488. The summed E-state index contributed by atoms with van der Waals surface area (Å²) in [6.45, 7) is 10.9. The quantitative estimate of drug-likeness (QED) is 0.532. The van der Waals surface area contributed by atoms with Gasteiger partial charge in [0, 0.05) is 12.3 Å². The van der Waals surface area contributed by atoms with E-state index >= 15 is 0 Å². The van der Waals surface area contributed by atoms with Gasteiger partial charge in [-0.3, -0.25) is 9.59 Å². The van der Waals surface area contributed by atoms with Crippen molar-refractivity contribution in [1.82, 2.24) is 0 Å². The SMILES string of the molecule is C[C@H]1CC[C@H](C(C)(C)c2ccccc2)[C@@H](OC(=O)C2CC(C)(C)CC2=O)C1. The van der Waals surface area contributed by atoms with E-state index in [-0.39, 0.29) is 34.6 Å². The molecule has 3 rings (SSSR count). The first-order valence-corrected chi connectivity index (χ1v) is 10.4. The van der Waals surface area contributed by atoms with Crippen molar-refractivity contribution in [3.8, 4) is 0 Å². The van der Waals surface area contributed by atoms with E-state index in [2.05, 4.69) is 58.9 Å². The fourth-order valence-electron chi connectivity index (χ4n) is 5.15. The summed E-state index contributed by atoms with van der Waals surface area (Å²) in [4.78, 5) is 25.2. The first-order valence-electron chi connectivity index (χ1n) is 10.4. The Kier molecular flexibility index (Phi) is 5.52. The third kappa shape index (κ3) is 4.28. The van der Waals surface area contributed by atoms with Crippen LogP contribution in [-0.2, 0) is 19.7 Å². The minimum atomic E-state index is -0.572. The topological polar surface area (TPSA) is 43.4 Å². The van der Waals surface area contributed by atoms with E-state index in [1.165, 1.54) is 5.56 Å². The second-order valence-electron chi connectivity index (χ2n) is 10.2. The van der Waals surface area contributed by atoms with Gasteiger partial charge in [-0.2, -0.15) is 0 Å². The lowest BCUT2D eigenvalue weighted by Crippen LogP contribution is -2.44. The molecule has 27 heavy (non-hydrogen) atoms. The first kappa shape index (κ1) is 20.1. The maximum absolute atomic E-state index is 12.9. The fraction of sp³-hybridized carbons (Fsp3) is 0.667. The van der Waals surface area contributed by atoms with Crippen molar-refractivity contribution in [2.75, 3.05) is 0 Å². The number of esters is 1. The molecule has 0 aromatic heterocycles. The van der Waals surface area contributed by atoms with Crippen molar-refractivity contribution in [1.29, 1.82) is 0 Å². The van der Waals surface area contributed by atoms with Gasteiger partial charge in [-0.25, -0.2) is 0 Å². The molecule has 0 N–H and O–H groups in total. The maximum Gasteiger partial charge on any atom is 0.316 e. The van der Waals surface area contributed by atoms with Gasteiger partial charge in [0.2, 0.25) is 0 Å². The van der Waals surface area contributed by atoms with Crippen molar-refractivity contribution in [3.05, 3.63) is 35.9 Å². The summed E-state index contributed by atoms with van der Waals surface area (Å²) in [6, 6.07) is 10.5. The maximum atomic E-state index is 12.9. The number of benzene rings is 1. The van der Waals surface area contributed by atoms with Crippen molar-refractivity contribution < 1.29 is 14.3 Å². The molecule has 0 amide bonds. The third-order valence-corrected chi connectivity index (χ3v) is 6.85. The number of hydrogen-bond acceptors (Lipinski definition) is 3. The third-order valence-electron chi connectivity index (χ3n) is 6.85. The molecule has 0 spiro atoms. The summed E-state index contributed by atoms with van der Waals surface area (Å²) in [6.07, 6.45) is 4.06. The Balaban J connectivity index is 1.79. The second kappa shape index (κ2) is 7.41. The lowest BCUT2D eigenvalue weighted by atomic mass is 9.64. The summed E-state index contributed by atoms with van der Waals surface area (Å²) < 4.78 is 6.07. The highest BCUT2D eigenvalue weighted by Crippen LogP contribution is 2.45. The lowest BCUT2D eigenvalue weighted by Gasteiger charge is -2.44. The normalized spacial score (nSPS) is 30.9. The molecule has 148 valence electrons. The highest BCUT2D eigenvalue weighted by molar-refractivity contribution is 6.01. The molecular weight excluding hydrogens is 336 g/mol. The Morgan fingerprint density at radius 2 is 1.81 bits per heavy atom. The number of carbonyl (C=O) groups is 2. The molecule has 2 aliphatic rings. The molecule has 0 saturated heterocycles. The van der Waals surface area contributed by atoms with Gasteiger partial charge in [0.1, 0.15) is 17.8 Å². The van der Waals surface area contributed by atoms with Crippen molar-refractivity contribution in [2.45, 2.75) is 78.2 Å². The smallest absolute Gasteiger partial charge is 0.316 e. The average molecular weight is 371 g/mol. The molecule has 0 heterocycles. The number of ketones is 1. The van der Waals surface area contributed by atoms with Crippen LogP contribution in [0.4, 0.5) is 0 Å². The van der Waals surface area contributed by atoms with Crippen molar-refractivity contribution in [3.63, 3.8) is 0 Å². The molecular formula is C24H34O3. The van der Waals surface area contributed by atoms with Gasteiger partial charge in [-0.05, 0) is 41.6 Å². The van der Waals surface area contributed by atoms with Crippen LogP contribution in [-0.4, -0.2) is 17.9 Å². The second-order valence-corrected chi connectivity index (χ2v) is 10.2. The van der Waals surface area contributed by atoms with Crippen LogP contribution in [0.2, 0.25) is 0 Å². The Morgan fingerprint density at radius 1 is 1.15 bits per heavy atom. The van der Waals surface area contributed by atoms with E-state index in [9.17, 15) is 9.59 Å². The van der Waals surface area contributed by atoms with Crippen molar-refractivity contribution >= 4 is 11.8 Å². The van der Waals surface area contributed by atoms with Crippen LogP contribution in [0.1, 0.15) is 72.3 Å². The molecule has 0 radical (unpaired) electrons. The van der Waals surface area contributed by atoms with Crippen LogP contribution in [0.5, 0.6) is 0 Å². The van der Waals surface area contributed by atoms with Crippen LogP contribution < -0.4 is 0 Å². The van der Waals surface area contributed by atoms with Crippen LogP contribution in [0, 0.1) is 23.2 Å².